The van der Waals surface area contributed by atoms with Gasteiger partial charge in [-0.2, -0.15) is 0 Å². The Labute approximate surface area is 174 Å². The summed E-state index contributed by atoms with van der Waals surface area (Å²) >= 11 is 1.47. The first-order valence-corrected chi connectivity index (χ1v) is 10.4. The highest BCUT2D eigenvalue weighted by Crippen LogP contribution is 2.19. The molecule has 0 spiro atoms. The van der Waals surface area contributed by atoms with Crippen LogP contribution in [0.5, 0.6) is 0 Å². The van der Waals surface area contributed by atoms with Crippen molar-refractivity contribution in [1.82, 2.24) is 4.90 Å². The lowest BCUT2D eigenvalue weighted by molar-refractivity contribution is -0.384. The van der Waals surface area contributed by atoms with E-state index in [2.05, 4.69) is 0 Å². The molecule has 0 N–H and O–H groups in total. The topological polar surface area (TPSA) is 63.4 Å². The molecule has 3 aromatic carbocycles. The molecular formula is C23H22N2O3S. The number of rotatable bonds is 9. The third-order valence-corrected chi connectivity index (χ3v) is 5.39. The molecule has 0 aliphatic heterocycles. The highest BCUT2D eigenvalue weighted by molar-refractivity contribution is 7.99. The summed E-state index contributed by atoms with van der Waals surface area (Å²) in [4.78, 5) is 25.3. The van der Waals surface area contributed by atoms with Gasteiger partial charge in [0.2, 0.25) is 5.91 Å². The number of carbonyl (C=O) groups is 1. The van der Waals surface area contributed by atoms with Crippen LogP contribution in [-0.2, 0) is 23.6 Å². The van der Waals surface area contributed by atoms with Gasteiger partial charge in [0.05, 0.1) is 10.7 Å². The van der Waals surface area contributed by atoms with E-state index < -0.39 is 4.92 Å². The van der Waals surface area contributed by atoms with E-state index in [-0.39, 0.29) is 11.6 Å². The third-order valence-electron chi connectivity index (χ3n) is 4.40. The van der Waals surface area contributed by atoms with Crippen LogP contribution in [0.1, 0.15) is 16.7 Å². The molecular weight excluding hydrogens is 384 g/mol. The Balaban J connectivity index is 1.62. The highest BCUT2D eigenvalue weighted by atomic mass is 32.2. The van der Waals surface area contributed by atoms with E-state index in [9.17, 15) is 14.9 Å². The summed E-state index contributed by atoms with van der Waals surface area (Å²) in [5, 5.41) is 10.9. The number of non-ortho nitro benzene ring substituents is 1. The molecule has 0 aliphatic rings. The standard InChI is InChI=1S/C23H22N2O3S/c26-23(18-29-17-21-12-7-13-22(14-21)25(27)28)24(15-19-8-3-1-4-9-19)16-20-10-5-2-6-11-20/h1-14H,15-18H2. The van der Waals surface area contributed by atoms with Crippen LogP contribution in [0.2, 0.25) is 0 Å². The molecule has 0 saturated carbocycles. The molecule has 1 amide bonds. The molecule has 0 radical (unpaired) electrons. The van der Waals surface area contributed by atoms with Crippen LogP contribution in [0.4, 0.5) is 5.69 Å². The summed E-state index contributed by atoms with van der Waals surface area (Å²) < 4.78 is 0. The van der Waals surface area contributed by atoms with Gasteiger partial charge in [0.25, 0.3) is 5.69 Å². The minimum absolute atomic E-state index is 0.0492. The number of nitro groups is 1. The van der Waals surface area contributed by atoms with Crippen LogP contribution < -0.4 is 0 Å². The second-order valence-corrected chi connectivity index (χ2v) is 7.63. The highest BCUT2D eigenvalue weighted by Gasteiger charge is 2.15. The van der Waals surface area contributed by atoms with Gasteiger partial charge in [-0.3, -0.25) is 14.9 Å². The Bertz CT molecular complexity index is 907. The summed E-state index contributed by atoms with van der Waals surface area (Å²) in [6, 6.07) is 26.4. The second-order valence-electron chi connectivity index (χ2n) is 6.64. The van der Waals surface area contributed by atoms with E-state index >= 15 is 0 Å². The number of amides is 1. The van der Waals surface area contributed by atoms with E-state index in [0.717, 1.165) is 16.7 Å². The van der Waals surface area contributed by atoms with Crippen LogP contribution >= 0.6 is 11.8 Å². The molecule has 3 rings (SSSR count). The Morgan fingerprint density at radius 2 is 1.38 bits per heavy atom. The Kier molecular flexibility index (Phi) is 7.41. The molecule has 0 saturated heterocycles. The molecule has 0 unspecified atom stereocenters. The fourth-order valence-corrected chi connectivity index (χ4v) is 3.82. The maximum absolute atomic E-state index is 12.9. The maximum atomic E-state index is 12.9. The summed E-state index contributed by atoms with van der Waals surface area (Å²) in [7, 11) is 0. The van der Waals surface area contributed by atoms with Crippen molar-refractivity contribution in [2.24, 2.45) is 0 Å². The molecule has 0 atom stereocenters. The maximum Gasteiger partial charge on any atom is 0.269 e. The second kappa shape index (κ2) is 10.4. The average molecular weight is 407 g/mol. The zero-order chi connectivity index (χ0) is 20.5. The van der Waals surface area contributed by atoms with Gasteiger partial charge in [0.15, 0.2) is 0 Å². The van der Waals surface area contributed by atoms with Crippen LogP contribution in [-0.4, -0.2) is 21.5 Å². The molecule has 6 heteroatoms. The monoisotopic (exact) mass is 406 g/mol. The third kappa shape index (κ3) is 6.47. The molecule has 0 bridgehead atoms. The first kappa shape index (κ1) is 20.6. The molecule has 148 valence electrons. The van der Waals surface area contributed by atoms with Gasteiger partial charge in [-0.25, -0.2) is 0 Å². The summed E-state index contributed by atoms with van der Waals surface area (Å²) in [5.74, 6) is 0.924. The van der Waals surface area contributed by atoms with Crippen molar-refractivity contribution in [3.63, 3.8) is 0 Å². The van der Waals surface area contributed by atoms with Gasteiger partial charge >= 0.3 is 0 Å². The van der Waals surface area contributed by atoms with Crippen LogP contribution in [0.25, 0.3) is 0 Å². The fourth-order valence-electron chi connectivity index (χ4n) is 2.95. The van der Waals surface area contributed by atoms with Crippen molar-refractivity contribution >= 4 is 23.4 Å². The normalized spacial score (nSPS) is 10.5. The van der Waals surface area contributed by atoms with E-state index in [1.54, 1.807) is 12.1 Å². The van der Waals surface area contributed by atoms with E-state index in [1.807, 2.05) is 71.6 Å². The van der Waals surface area contributed by atoms with Crippen molar-refractivity contribution in [3.8, 4) is 0 Å². The van der Waals surface area contributed by atoms with E-state index in [0.29, 0.717) is 24.6 Å². The minimum Gasteiger partial charge on any atom is -0.333 e. The lowest BCUT2D eigenvalue weighted by Crippen LogP contribution is -2.31. The van der Waals surface area contributed by atoms with Crippen molar-refractivity contribution in [2.75, 3.05) is 5.75 Å². The Morgan fingerprint density at radius 1 is 0.828 bits per heavy atom. The number of nitrogens with zero attached hydrogens (tertiary/aromatic N) is 2. The van der Waals surface area contributed by atoms with Crippen molar-refractivity contribution in [1.29, 1.82) is 0 Å². The van der Waals surface area contributed by atoms with Crippen LogP contribution in [0.15, 0.2) is 84.9 Å². The summed E-state index contributed by atoms with van der Waals surface area (Å²) in [6.07, 6.45) is 0. The number of hydrogen-bond acceptors (Lipinski definition) is 4. The Morgan fingerprint density at radius 3 is 1.93 bits per heavy atom. The molecule has 5 nitrogen and oxygen atoms in total. The van der Waals surface area contributed by atoms with Crippen LogP contribution in [0.3, 0.4) is 0 Å². The van der Waals surface area contributed by atoms with Gasteiger partial charge < -0.3 is 4.90 Å². The number of carbonyl (C=O) groups excluding carboxylic acids is 1. The van der Waals surface area contributed by atoms with Crippen molar-refractivity contribution in [2.45, 2.75) is 18.8 Å². The lowest BCUT2D eigenvalue weighted by atomic mass is 10.1. The van der Waals surface area contributed by atoms with Crippen molar-refractivity contribution < 1.29 is 9.72 Å². The number of hydrogen-bond donors (Lipinski definition) is 0. The summed E-state index contributed by atoms with van der Waals surface area (Å²) in [5.41, 5.74) is 3.08. The predicted molar refractivity (Wildman–Crippen MR) is 116 cm³/mol. The minimum atomic E-state index is -0.402. The lowest BCUT2D eigenvalue weighted by Gasteiger charge is -2.23. The molecule has 0 heterocycles. The number of nitro benzene ring substituents is 1. The molecule has 3 aromatic rings. The first-order valence-electron chi connectivity index (χ1n) is 9.28. The van der Waals surface area contributed by atoms with Gasteiger partial charge in [-0.05, 0) is 16.7 Å². The smallest absolute Gasteiger partial charge is 0.269 e. The van der Waals surface area contributed by atoms with Crippen molar-refractivity contribution in [3.05, 3.63) is 112 Å². The predicted octanol–water partition coefficient (Wildman–Crippen LogP) is 5.06. The summed E-state index contributed by atoms with van der Waals surface area (Å²) in [6.45, 7) is 1.10. The number of thioether (sulfide) groups is 1. The molecule has 29 heavy (non-hydrogen) atoms. The van der Waals surface area contributed by atoms with Gasteiger partial charge in [0.1, 0.15) is 0 Å². The average Bonchev–Trinajstić information content (AvgIpc) is 2.75. The van der Waals surface area contributed by atoms with Gasteiger partial charge in [-0.15, -0.1) is 11.8 Å². The van der Waals surface area contributed by atoms with Gasteiger partial charge in [0, 0.05) is 31.0 Å². The largest absolute Gasteiger partial charge is 0.333 e. The molecule has 0 aliphatic carbocycles. The first-order chi connectivity index (χ1) is 14.1. The quantitative estimate of drug-likeness (QED) is 0.368. The van der Waals surface area contributed by atoms with Gasteiger partial charge in [-0.1, -0.05) is 72.8 Å². The van der Waals surface area contributed by atoms with E-state index in [4.69, 9.17) is 0 Å². The van der Waals surface area contributed by atoms with Crippen LogP contribution in [0, 0.1) is 10.1 Å². The zero-order valence-electron chi connectivity index (χ0n) is 15.9. The molecule has 0 fully saturated rings. The van der Waals surface area contributed by atoms with E-state index in [1.165, 1.54) is 17.8 Å². The Hall–Kier alpha value is -3.12. The molecule has 0 aromatic heterocycles. The SMILES string of the molecule is O=C(CSCc1cccc([N+](=O)[O-])c1)N(Cc1ccccc1)Cc1ccccc1. The number of benzene rings is 3. The fraction of sp³-hybridized carbons (Fsp3) is 0.174. The zero-order valence-corrected chi connectivity index (χ0v) is 16.8.